The molecule has 1 aliphatic carbocycles. The van der Waals surface area contributed by atoms with E-state index in [0.717, 1.165) is 11.6 Å². The van der Waals surface area contributed by atoms with E-state index in [0.29, 0.717) is 5.41 Å². The third kappa shape index (κ3) is 3.05. The molecule has 1 saturated carbocycles. The van der Waals surface area contributed by atoms with Crippen LogP contribution >= 0.6 is 0 Å². The molecule has 2 N–H and O–H groups in total. The molecule has 0 radical (unpaired) electrons. The van der Waals surface area contributed by atoms with Crippen LogP contribution in [0.5, 0.6) is 0 Å². The van der Waals surface area contributed by atoms with Crippen LogP contribution in [-0.2, 0) is 5.41 Å². The Hall–Kier alpha value is -1.02. The third-order valence-electron chi connectivity index (χ3n) is 4.27. The molecule has 2 nitrogen and oxygen atoms in total. The molecule has 0 aliphatic heterocycles. The van der Waals surface area contributed by atoms with Crippen molar-refractivity contribution in [1.82, 2.24) is 4.90 Å². The summed E-state index contributed by atoms with van der Waals surface area (Å²) >= 11 is 0. The monoisotopic (exact) mass is 246 g/mol. The first kappa shape index (κ1) is 13.4. The van der Waals surface area contributed by atoms with Crippen molar-refractivity contribution in [2.24, 2.45) is 5.92 Å². The predicted molar refractivity (Wildman–Crippen MR) is 78.7 cm³/mol. The molecule has 1 unspecified atom stereocenters. The molecule has 1 atom stereocenters. The molecule has 2 heteroatoms. The highest BCUT2D eigenvalue weighted by Crippen LogP contribution is 2.48. The van der Waals surface area contributed by atoms with Crippen molar-refractivity contribution < 1.29 is 0 Å². The number of rotatable bonds is 6. The maximum absolute atomic E-state index is 5.77. The zero-order valence-corrected chi connectivity index (χ0v) is 11.9. The molecular formula is C16H26N2. The molecule has 1 aliphatic rings. The van der Waals surface area contributed by atoms with Gasteiger partial charge >= 0.3 is 0 Å². The Morgan fingerprint density at radius 2 is 1.89 bits per heavy atom. The molecule has 0 bridgehead atoms. The van der Waals surface area contributed by atoms with Crippen LogP contribution in [0.2, 0.25) is 0 Å². The smallest absolute Gasteiger partial charge is 0.0314 e. The van der Waals surface area contributed by atoms with E-state index in [1.807, 2.05) is 12.1 Å². The van der Waals surface area contributed by atoms with E-state index in [2.05, 4.69) is 37.9 Å². The van der Waals surface area contributed by atoms with Gasteiger partial charge in [0.15, 0.2) is 0 Å². The molecule has 0 amide bonds. The van der Waals surface area contributed by atoms with Gasteiger partial charge in [-0.3, -0.25) is 0 Å². The molecule has 0 heterocycles. The van der Waals surface area contributed by atoms with Gasteiger partial charge in [0.2, 0.25) is 0 Å². The van der Waals surface area contributed by atoms with Gasteiger partial charge in [0, 0.05) is 24.2 Å². The van der Waals surface area contributed by atoms with Crippen LogP contribution in [0, 0.1) is 5.92 Å². The van der Waals surface area contributed by atoms with Gasteiger partial charge < -0.3 is 10.6 Å². The maximum Gasteiger partial charge on any atom is 0.0314 e. The zero-order valence-electron chi connectivity index (χ0n) is 11.9. The lowest BCUT2D eigenvalue weighted by atomic mass is 9.94. The van der Waals surface area contributed by atoms with Crippen molar-refractivity contribution in [1.29, 1.82) is 0 Å². The van der Waals surface area contributed by atoms with Gasteiger partial charge in [0.05, 0.1) is 0 Å². The lowest BCUT2D eigenvalue weighted by Crippen LogP contribution is -2.32. The summed E-state index contributed by atoms with van der Waals surface area (Å²) in [7, 11) is 2.25. The fourth-order valence-corrected chi connectivity index (χ4v) is 2.77. The van der Waals surface area contributed by atoms with E-state index in [1.54, 1.807) is 0 Å². The number of nitrogens with two attached hydrogens (primary N) is 1. The van der Waals surface area contributed by atoms with Gasteiger partial charge in [0.25, 0.3) is 0 Å². The SMILES string of the molecule is CCC(C)CN(C)CC1(c2ccc(N)cc2)CC1. The topological polar surface area (TPSA) is 29.3 Å². The average molecular weight is 246 g/mol. The summed E-state index contributed by atoms with van der Waals surface area (Å²) in [5, 5.41) is 0. The Kier molecular flexibility index (Phi) is 3.96. The number of likely N-dealkylation sites (N-methyl/N-ethyl adjacent to an activating group) is 1. The summed E-state index contributed by atoms with van der Waals surface area (Å²) in [6, 6.07) is 8.48. The standard InChI is InChI=1S/C16H26N2/c1-4-13(2)11-18(3)12-16(9-10-16)14-5-7-15(17)8-6-14/h5-8,13H,4,9-12,17H2,1-3H3. The van der Waals surface area contributed by atoms with Crippen molar-refractivity contribution in [2.75, 3.05) is 25.9 Å². The fourth-order valence-electron chi connectivity index (χ4n) is 2.77. The van der Waals surface area contributed by atoms with Crippen molar-refractivity contribution in [2.45, 2.75) is 38.5 Å². The predicted octanol–water partition coefficient (Wildman–Crippen LogP) is 3.28. The van der Waals surface area contributed by atoms with Crippen LogP contribution in [0.3, 0.4) is 0 Å². The molecule has 1 aromatic rings. The Bertz CT molecular complexity index is 379. The second kappa shape index (κ2) is 5.31. The van der Waals surface area contributed by atoms with Gasteiger partial charge in [-0.2, -0.15) is 0 Å². The molecule has 0 aromatic heterocycles. The number of hydrogen-bond donors (Lipinski definition) is 1. The summed E-state index contributed by atoms with van der Waals surface area (Å²) in [6.45, 7) is 6.99. The van der Waals surface area contributed by atoms with Crippen LogP contribution in [0.1, 0.15) is 38.7 Å². The number of nitrogens with zero attached hydrogens (tertiary/aromatic N) is 1. The zero-order chi connectivity index (χ0) is 13.2. The Balaban J connectivity index is 1.97. The summed E-state index contributed by atoms with van der Waals surface area (Å²) in [6.07, 6.45) is 3.91. The Morgan fingerprint density at radius 3 is 2.39 bits per heavy atom. The second-order valence-corrected chi connectivity index (χ2v) is 6.11. The maximum atomic E-state index is 5.77. The highest BCUT2D eigenvalue weighted by atomic mass is 15.1. The normalized spacial score (nSPS) is 18.9. The number of benzene rings is 1. The van der Waals surface area contributed by atoms with Crippen LogP contribution in [0.25, 0.3) is 0 Å². The molecule has 100 valence electrons. The fraction of sp³-hybridized carbons (Fsp3) is 0.625. The molecule has 2 rings (SSSR count). The van der Waals surface area contributed by atoms with Gasteiger partial charge in [-0.25, -0.2) is 0 Å². The largest absolute Gasteiger partial charge is 0.399 e. The van der Waals surface area contributed by atoms with Gasteiger partial charge in [-0.15, -0.1) is 0 Å². The van der Waals surface area contributed by atoms with E-state index >= 15 is 0 Å². The van der Waals surface area contributed by atoms with Crippen LogP contribution in [0.4, 0.5) is 5.69 Å². The minimum atomic E-state index is 0.413. The molecule has 18 heavy (non-hydrogen) atoms. The Labute approximate surface area is 111 Å². The molecule has 1 fully saturated rings. The first-order valence-electron chi connectivity index (χ1n) is 7.10. The first-order chi connectivity index (χ1) is 8.55. The van der Waals surface area contributed by atoms with Crippen molar-refractivity contribution >= 4 is 5.69 Å². The van der Waals surface area contributed by atoms with E-state index in [1.165, 1.54) is 37.9 Å². The van der Waals surface area contributed by atoms with Crippen molar-refractivity contribution in [3.8, 4) is 0 Å². The minimum absolute atomic E-state index is 0.413. The second-order valence-electron chi connectivity index (χ2n) is 6.11. The number of anilines is 1. The average Bonchev–Trinajstić information content (AvgIpc) is 3.10. The first-order valence-corrected chi connectivity index (χ1v) is 7.10. The van der Waals surface area contributed by atoms with Gasteiger partial charge in [-0.1, -0.05) is 32.4 Å². The Morgan fingerprint density at radius 1 is 1.28 bits per heavy atom. The van der Waals surface area contributed by atoms with Crippen LogP contribution in [-0.4, -0.2) is 25.0 Å². The molecule has 1 aromatic carbocycles. The number of nitrogen functional groups attached to an aromatic ring is 1. The van der Waals surface area contributed by atoms with Crippen molar-refractivity contribution in [3.05, 3.63) is 29.8 Å². The molecule has 0 saturated heterocycles. The lowest BCUT2D eigenvalue weighted by Gasteiger charge is -2.26. The van der Waals surface area contributed by atoms with E-state index in [9.17, 15) is 0 Å². The lowest BCUT2D eigenvalue weighted by molar-refractivity contribution is 0.259. The molecular weight excluding hydrogens is 220 g/mol. The summed E-state index contributed by atoms with van der Waals surface area (Å²) in [5.74, 6) is 0.789. The van der Waals surface area contributed by atoms with E-state index < -0.39 is 0 Å². The molecule has 0 spiro atoms. The van der Waals surface area contributed by atoms with Gasteiger partial charge in [-0.05, 0) is 43.5 Å². The van der Waals surface area contributed by atoms with E-state index in [4.69, 9.17) is 5.73 Å². The van der Waals surface area contributed by atoms with Crippen LogP contribution < -0.4 is 5.73 Å². The van der Waals surface area contributed by atoms with Crippen molar-refractivity contribution in [3.63, 3.8) is 0 Å². The summed E-state index contributed by atoms with van der Waals surface area (Å²) < 4.78 is 0. The summed E-state index contributed by atoms with van der Waals surface area (Å²) in [5.41, 5.74) is 8.51. The summed E-state index contributed by atoms with van der Waals surface area (Å²) in [4.78, 5) is 2.50. The number of hydrogen-bond acceptors (Lipinski definition) is 2. The van der Waals surface area contributed by atoms with Gasteiger partial charge in [0.1, 0.15) is 0 Å². The van der Waals surface area contributed by atoms with Crippen LogP contribution in [0.15, 0.2) is 24.3 Å². The highest BCUT2D eigenvalue weighted by Gasteiger charge is 2.44. The third-order valence-corrected chi connectivity index (χ3v) is 4.27. The van der Waals surface area contributed by atoms with E-state index in [-0.39, 0.29) is 0 Å². The highest BCUT2D eigenvalue weighted by molar-refractivity contribution is 5.43. The minimum Gasteiger partial charge on any atom is -0.399 e. The quantitative estimate of drug-likeness (QED) is 0.781.